The molecule has 0 radical (unpaired) electrons. The molecule has 1 N–H and O–H groups in total. The molecule has 4 rings (SSSR count). The molecule has 28 heavy (non-hydrogen) atoms. The molecule has 0 saturated carbocycles. The van der Waals surface area contributed by atoms with Gasteiger partial charge in [-0.25, -0.2) is 0 Å². The minimum absolute atomic E-state index is 0.00310. The molecule has 1 atom stereocenters. The second kappa shape index (κ2) is 8.30. The molecule has 0 bridgehead atoms. The molecule has 144 valence electrons. The number of carbonyl (C=O) groups excluding carboxylic acids is 1. The normalized spacial score (nSPS) is 16.3. The number of nitrogens with zero attached hydrogens (tertiary/aromatic N) is 3. The van der Waals surface area contributed by atoms with Crippen LogP contribution in [0.3, 0.4) is 0 Å². The summed E-state index contributed by atoms with van der Waals surface area (Å²) in [6.45, 7) is 5.57. The highest BCUT2D eigenvalue weighted by atomic mass is 16.1. The Morgan fingerprint density at radius 3 is 2.89 bits per heavy atom. The molecule has 0 spiro atoms. The van der Waals surface area contributed by atoms with E-state index < -0.39 is 0 Å². The minimum atomic E-state index is -0.00310. The Hall–Kier alpha value is -3.08. The van der Waals surface area contributed by atoms with Crippen LogP contribution < -0.4 is 10.2 Å². The Labute approximate surface area is 166 Å². The first-order valence-electron chi connectivity index (χ1n) is 9.84. The van der Waals surface area contributed by atoms with Gasteiger partial charge in [-0.3, -0.25) is 9.48 Å². The van der Waals surface area contributed by atoms with E-state index in [9.17, 15) is 4.79 Å². The smallest absolute Gasteiger partial charge is 0.251 e. The first-order chi connectivity index (χ1) is 13.7. The van der Waals surface area contributed by atoms with E-state index >= 15 is 0 Å². The topological polar surface area (TPSA) is 50.2 Å². The number of rotatable bonds is 6. The molecule has 1 aromatic heterocycles. The van der Waals surface area contributed by atoms with Gasteiger partial charge in [-0.05, 0) is 54.7 Å². The summed E-state index contributed by atoms with van der Waals surface area (Å²) in [5.41, 5.74) is 4.39. The lowest BCUT2D eigenvalue weighted by Crippen LogP contribution is -2.31. The standard InChI is InChI=1S/C23H26N4O/c1-18-6-2-3-9-22(18)26-13-10-20(16-26)15-24-23(28)21-8-4-7-19(14-21)17-27-12-5-11-25-27/h2-9,11-12,14,20H,10,13,15-17H2,1H3,(H,24,28)/t20-/m1/s1. The molecule has 1 saturated heterocycles. The van der Waals surface area contributed by atoms with Gasteiger partial charge in [0.1, 0.15) is 0 Å². The molecule has 1 aliphatic rings. The Bertz CT molecular complexity index is 935. The zero-order valence-electron chi connectivity index (χ0n) is 16.2. The zero-order chi connectivity index (χ0) is 19.3. The fraction of sp³-hybridized carbons (Fsp3) is 0.304. The molecule has 0 aliphatic carbocycles. The number of aryl methyl sites for hydroxylation is 1. The number of carbonyl (C=O) groups is 1. The van der Waals surface area contributed by atoms with Crippen LogP contribution in [-0.2, 0) is 6.54 Å². The summed E-state index contributed by atoms with van der Waals surface area (Å²) in [4.78, 5) is 15.0. The molecule has 1 aliphatic heterocycles. The lowest BCUT2D eigenvalue weighted by Gasteiger charge is -2.21. The summed E-state index contributed by atoms with van der Waals surface area (Å²) in [6.07, 6.45) is 4.79. The maximum atomic E-state index is 12.6. The van der Waals surface area contributed by atoms with E-state index in [0.717, 1.165) is 25.1 Å². The molecule has 2 aromatic carbocycles. The average Bonchev–Trinajstić information content (AvgIpc) is 3.39. The van der Waals surface area contributed by atoms with Gasteiger partial charge in [0.05, 0.1) is 6.54 Å². The summed E-state index contributed by atoms with van der Waals surface area (Å²) >= 11 is 0. The van der Waals surface area contributed by atoms with Gasteiger partial charge in [0.25, 0.3) is 5.91 Å². The van der Waals surface area contributed by atoms with E-state index in [4.69, 9.17) is 0 Å². The second-order valence-corrected chi connectivity index (χ2v) is 7.50. The quantitative estimate of drug-likeness (QED) is 0.718. The Morgan fingerprint density at radius 2 is 2.07 bits per heavy atom. The van der Waals surface area contributed by atoms with Crippen molar-refractivity contribution in [2.45, 2.75) is 19.9 Å². The maximum Gasteiger partial charge on any atom is 0.251 e. The highest BCUT2D eigenvalue weighted by Gasteiger charge is 2.24. The van der Waals surface area contributed by atoms with E-state index in [1.807, 2.05) is 41.2 Å². The van der Waals surface area contributed by atoms with Gasteiger partial charge in [0, 0.05) is 43.3 Å². The van der Waals surface area contributed by atoms with E-state index in [1.165, 1.54) is 11.3 Å². The lowest BCUT2D eigenvalue weighted by atomic mass is 10.1. The van der Waals surface area contributed by atoms with Crippen molar-refractivity contribution >= 4 is 11.6 Å². The third kappa shape index (κ3) is 4.25. The highest BCUT2D eigenvalue weighted by molar-refractivity contribution is 5.94. The third-order valence-corrected chi connectivity index (χ3v) is 5.39. The van der Waals surface area contributed by atoms with Gasteiger partial charge in [0.2, 0.25) is 0 Å². The van der Waals surface area contributed by atoms with Gasteiger partial charge < -0.3 is 10.2 Å². The van der Waals surface area contributed by atoms with Crippen LogP contribution in [0.4, 0.5) is 5.69 Å². The van der Waals surface area contributed by atoms with Gasteiger partial charge in [-0.1, -0.05) is 30.3 Å². The Balaban J connectivity index is 1.32. The number of hydrogen-bond donors (Lipinski definition) is 1. The summed E-state index contributed by atoms with van der Waals surface area (Å²) in [5.74, 6) is 0.479. The zero-order valence-corrected chi connectivity index (χ0v) is 16.2. The molecule has 5 nitrogen and oxygen atoms in total. The summed E-state index contributed by atoms with van der Waals surface area (Å²) < 4.78 is 1.86. The molecule has 2 heterocycles. The molecular weight excluding hydrogens is 348 g/mol. The summed E-state index contributed by atoms with van der Waals surface area (Å²) in [7, 11) is 0. The van der Waals surface area contributed by atoms with Crippen LogP contribution in [0.1, 0.15) is 27.9 Å². The van der Waals surface area contributed by atoms with Crippen molar-refractivity contribution in [3.8, 4) is 0 Å². The summed E-state index contributed by atoms with van der Waals surface area (Å²) in [5, 5.41) is 7.35. The fourth-order valence-corrected chi connectivity index (χ4v) is 3.87. The molecule has 5 heteroatoms. The number of benzene rings is 2. The van der Waals surface area contributed by atoms with Crippen LogP contribution in [-0.4, -0.2) is 35.3 Å². The van der Waals surface area contributed by atoms with Gasteiger partial charge in [0.15, 0.2) is 0 Å². The SMILES string of the molecule is Cc1ccccc1N1CC[C@H](CNC(=O)c2cccc(Cn3cccn3)c2)C1. The Morgan fingerprint density at radius 1 is 1.18 bits per heavy atom. The van der Waals surface area contributed by atoms with Crippen molar-refractivity contribution in [1.82, 2.24) is 15.1 Å². The number of aromatic nitrogens is 2. The average molecular weight is 374 g/mol. The lowest BCUT2D eigenvalue weighted by molar-refractivity contribution is 0.0948. The predicted octanol–water partition coefficient (Wildman–Crippen LogP) is 3.50. The van der Waals surface area contributed by atoms with Crippen molar-refractivity contribution in [3.05, 3.63) is 83.7 Å². The third-order valence-electron chi connectivity index (χ3n) is 5.39. The first kappa shape index (κ1) is 18.3. The van der Waals surface area contributed by atoms with Crippen molar-refractivity contribution in [2.24, 2.45) is 5.92 Å². The molecule has 3 aromatic rings. The van der Waals surface area contributed by atoms with Crippen LogP contribution in [0.2, 0.25) is 0 Å². The largest absolute Gasteiger partial charge is 0.371 e. The minimum Gasteiger partial charge on any atom is -0.371 e. The monoisotopic (exact) mass is 374 g/mol. The molecule has 1 amide bonds. The predicted molar refractivity (Wildman–Crippen MR) is 112 cm³/mol. The van der Waals surface area contributed by atoms with Crippen LogP contribution in [0.5, 0.6) is 0 Å². The first-order valence-corrected chi connectivity index (χ1v) is 9.84. The fourth-order valence-electron chi connectivity index (χ4n) is 3.87. The number of anilines is 1. The van der Waals surface area contributed by atoms with Crippen LogP contribution >= 0.6 is 0 Å². The van der Waals surface area contributed by atoms with E-state index in [2.05, 4.69) is 46.5 Å². The molecule has 0 unspecified atom stereocenters. The van der Waals surface area contributed by atoms with E-state index in [0.29, 0.717) is 24.6 Å². The number of amides is 1. The van der Waals surface area contributed by atoms with Gasteiger partial charge in [-0.15, -0.1) is 0 Å². The second-order valence-electron chi connectivity index (χ2n) is 7.50. The Kier molecular flexibility index (Phi) is 5.42. The summed E-state index contributed by atoms with van der Waals surface area (Å²) in [6, 6.07) is 18.2. The van der Waals surface area contributed by atoms with Crippen LogP contribution in [0.25, 0.3) is 0 Å². The van der Waals surface area contributed by atoms with Crippen molar-refractivity contribution in [3.63, 3.8) is 0 Å². The van der Waals surface area contributed by atoms with E-state index in [-0.39, 0.29) is 5.91 Å². The van der Waals surface area contributed by atoms with Crippen molar-refractivity contribution < 1.29 is 4.79 Å². The van der Waals surface area contributed by atoms with Gasteiger partial charge in [-0.2, -0.15) is 5.10 Å². The van der Waals surface area contributed by atoms with Crippen molar-refractivity contribution in [2.75, 3.05) is 24.5 Å². The van der Waals surface area contributed by atoms with Crippen LogP contribution in [0.15, 0.2) is 67.0 Å². The number of para-hydroxylation sites is 1. The molecular formula is C23H26N4O. The highest BCUT2D eigenvalue weighted by Crippen LogP contribution is 2.26. The maximum absolute atomic E-state index is 12.6. The number of nitrogens with one attached hydrogen (secondary N) is 1. The molecule has 1 fully saturated rings. The van der Waals surface area contributed by atoms with E-state index in [1.54, 1.807) is 6.20 Å². The van der Waals surface area contributed by atoms with Gasteiger partial charge >= 0.3 is 0 Å². The van der Waals surface area contributed by atoms with Crippen molar-refractivity contribution in [1.29, 1.82) is 0 Å². The number of hydrogen-bond acceptors (Lipinski definition) is 3. The van der Waals surface area contributed by atoms with Crippen LogP contribution in [0, 0.1) is 12.8 Å².